The van der Waals surface area contributed by atoms with Gasteiger partial charge in [-0.15, -0.1) is 0 Å². The van der Waals surface area contributed by atoms with Crippen LogP contribution in [0.5, 0.6) is 0 Å². The van der Waals surface area contributed by atoms with Crippen molar-refractivity contribution in [2.45, 2.75) is 12.7 Å². The van der Waals surface area contributed by atoms with Crippen molar-refractivity contribution < 1.29 is 9.84 Å². The molecule has 0 aliphatic carbocycles. The van der Waals surface area contributed by atoms with Gasteiger partial charge >= 0.3 is 0 Å². The minimum absolute atomic E-state index is 0.365. The highest BCUT2D eigenvalue weighted by molar-refractivity contribution is 5.45. The van der Waals surface area contributed by atoms with Gasteiger partial charge in [-0.3, -0.25) is 0 Å². The number of rotatable bonds is 7. The van der Waals surface area contributed by atoms with Crippen LogP contribution in [0.4, 0.5) is 5.69 Å². The van der Waals surface area contributed by atoms with E-state index in [9.17, 15) is 5.11 Å². The van der Waals surface area contributed by atoms with Crippen LogP contribution < -0.4 is 5.32 Å². The lowest BCUT2D eigenvalue weighted by Crippen LogP contribution is -2.31. The van der Waals surface area contributed by atoms with Crippen molar-refractivity contribution in [2.75, 3.05) is 39.6 Å². The second-order valence-corrected chi connectivity index (χ2v) is 4.43. The van der Waals surface area contributed by atoms with Gasteiger partial charge in [-0.05, 0) is 31.8 Å². The van der Waals surface area contributed by atoms with Crippen LogP contribution >= 0.6 is 0 Å². The molecule has 0 saturated heterocycles. The van der Waals surface area contributed by atoms with Gasteiger partial charge in [0.05, 0.1) is 12.7 Å². The summed E-state index contributed by atoms with van der Waals surface area (Å²) in [6.45, 7) is 1.81. The van der Waals surface area contributed by atoms with Crippen molar-refractivity contribution in [1.82, 2.24) is 4.90 Å². The van der Waals surface area contributed by atoms with Crippen LogP contribution in [0.1, 0.15) is 5.56 Å². The zero-order valence-corrected chi connectivity index (χ0v) is 10.8. The summed E-state index contributed by atoms with van der Waals surface area (Å²) in [6, 6.07) is 8.02. The summed E-state index contributed by atoms with van der Waals surface area (Å²) in [5.41, 5.74) is 2.14. The molecule has 0 heterocycles. The Morgan fingerprint density at radius 3 is 2.82 bits per heavy atom. The van der Waals surface area contributed by atoms with E-state index in [-0.39, 0.29) is 6.10 Å². The van der Waals surface area contributed by atoms with E-state index in [1.54, 1.807) is 7.11 Å². The average Bonchev–Trinajstić information content (AvgIpc) is 2.26. The predicted molar refractivity (Wildman–Crippen MR) is 70.2 cm³/mol. The number of nitrogens with one attached hydrogen (secondary N) is 1. The lowest BCUT2D eigenvalue weighted by atomic mass is 10.2. The minimum Gasteiger partial charge on any atom is -0.390 e. The third kappa shape index (κ3) is 5.68. The van der Waals surface area contributed by atoms with Crippen molar-refractivity contribution >= 4 is 5.69 Å². The first kappa shape index (κ1) is 14.0. The Balaban J connectivity index is 2.43. The highest BCUT2D eigenvalue weighted by atomic mass is 16.5. The molecule has 0 aliphatic rings. The molecule has 1 atom stereocenters. The standard InChI is InChI=1S/C13H22N2O2/c1-15(2)9-13(16)8-14-12-6-4-5-11(7-12)10-17-3/h4-7,13-14,16H,8-10H2,1-3H3. The molecule has 0 spiro atoms. The number of methoxy groups -OCH3 is 1. The van der Waals surface area contributed by atoms with E-state index in [4.69, 9.17) is 4.74 Å². The van der Waals surface area contributed by atoms with Crippen LogP contribution in [0.2, 0.25) is 0 Å². The SMILES string of the molecule is COCc1cccc(NCC(O)CN(C)C)c1. The zero-order valence-electron chi connectivity index (χ0n) is 10.8. The smallest absolute Gasteiger partial charge is 0.0838 e. The lowest BCUT2D eigenvalue weighted by molar-refractivity contribution is 0.148. The number of anilines is 1. The first-order chi connectivity index (χ1) is 8.11. The van der Waals surface area contributed by atoms with E-state index < -0.39 is 0 Å². The molecule has 17 heavy (non-hydrogen) atoms. The number of aliphatic hydroxyl groups excluding tert-OH is 1. The van der Waals surface area contributed by atoms with Crippen molar-refractivity contribution in [1.29, 1.82) is 0 Å². The largest absolute Gasteiger partial charge is 0.390 e. The first-order valence-electron chi connectivity index (χ1n) is 5.76. The molecule has 4 nitrogen and oxygen atoms in total. The summed E-state index contributed by atoms with van der Waals surface area (Å²) in [4.78, 5) is 1.97. The monoisotopic (exact) mass is 238 g/mol. The number of ether oxygens (including phenoxy) is 1. The third-order valence-corrected chi connectivity index (χ3v) is 2.36. The Hall–Kier alpha value is -1.10. The zero-order chi connectivity index (χ0) is 12.7. The van der Waals surface area contributed by atoms with Gasteiger partial charge in [0.25, 0.3) is 0 Å². The van der Waals surface area contributed by atoms with Gasteiger partial charge in [0.15, 0.2) is 0 Å². The first-order valence-corrected chi connectivity index (χ1v) is 5.76. The minimum atomic E-state index is -0.365. The van der Waals surface area contributed by atoms with Gasteiger partial charge in [-0.1, -0.05) is 12.1 Å². The fourth-order valence-corrected chi connectivity index (χ4v) is 1.66. The summed E-state index contributed by atoms with van der Waals surface area (Å²) in [6.07, 6.45) is -0.365. The molecule has 1 aromatic carbocycles. The molecular formula is C13H22N2O2. The van der Waals surface area contributed by atoms with Gasteiger partial charge in [0.1, 0.15) is 0 Å². The van der Waals surface area contributed by atoms with E-state index in [0.717, 1.165) is 11.3 Å². The molecule has 1 rings (SSSR count). The molecular weight excluding hydrogens is 216 g/mol. The van der Waals surface area contributed by atoms with Crippen LogP contribution in [0.15, 0.2) is 24.3 Å². The molecule has 0 bridgehead atoms. The highest BCUT2D eigenvalue weighted by Gasteiger charge is 2.05. The Morgan fingerprint density at radius 1 is 1.41 bits per heavy atom. The Bertz CT molecular complexity index is 329. The van der Waals surface area contributed by atoms with Gasteiger partial charge in [-0.2, -0.15) is 0 Å². The Kier molecular flexibility index (Phi) is 5.97. The highest BCUT2D eigenvalue weighted by Crippen LogP contribution is 2.11. The molecule has 4 heteroatoms. The molecule has 1 aromatic rings. The summed E-state index contributed by atoms with van der Waals surface area (Å²) in [5, 5.41) is 12.9. The molecule has 0 aliphatic heterocycles. The molecule has 0 saturated carbocycles. The molecule has 0 radical (unpaired) electrons. The van der Waals surface area contributed by atoms with Crippen molar-refractivity contribution in [2.24, 2.45) is 0 Å². The van der Waals surface area contributed by atoms with Gasteiger partial charge < -0.3 is 20.1 Å². The number of likely N-dealkylation sites (N-methyl/N-ethyl adjacent to an activating group) is 1. The van der Waals surface area contributed by atoms with E-state index in [2.05, 4.69) is 5.32 Å². The summed E-state index contributed by atoms with van der Waals surface area (Å²) >= 11 is 0. The van der Waals surface area contributed by atoms with Crippen LogP contribution in [0.3, 0.4) is 0 Å². The normalized spacial score (nSPS) is 12.8. The van der Waals surface area contributed by atoms with E-state index >= 15 is 0 Å². The molecule has 96 valence electrons. The fourth-order valence-electron chi connectivity index (χ4n) is 1.66. The van der Waals surface area contributed by atoms with Crippen LogP contribution in [0.25, 0.3) is 0 Å². The van der Waals surface area contributed by atoms with Crippen LogP contribution in [-0.2, 0) is 11.3 Å². The number of hydrogen-bond donors (Lipinski definition) is 2. The number of aliphatic hydroxyl groups is 1. The maximum Gasteiger partial charge on any atom is 0.0838 e. The Labute approximate surface area is 103 Å². The average molecular weight is 238 g/mol. The van der Waals surface area contributed by atoms with E-state index in [1.165, 1.54) is 0 Å². The molecule has 0 amide bonds. The molecule has 0 fully saturated rings. The second kappa shape index (κ2) is 7.27. The van der Waals surface area contributed by atoms with Gasteiger partial charge in [-0.25, -0.2) is 0 Å². The van der Waals surface area contributed by atoms with E-state index in [1.807, 2.05) is 43.3 Å². The number of hydrogen-bond acceptors (Lipinski definition) is 4. The maximum atomic E-state index is 9.72. The van der Waals surface area contributed by atoms with Crippen molar-refractivity contribution in [3.05, 3.63) is 29.8 Å². The predicted octanol–water partition coefficient (Wildman–Crippen LogP) is 1.17. The summed E-state index contributed by atoms with van der Waals surface area (Å²) in [5.74, 6) is 0. The second-order valence-electron chi connectivity index (χ2n) is 4.43. The van der Waals surface area contributed by atoms with Crippen LogP contribution in [-0.4, -0.2) is 50.4 Å². The number of nitrogens with zero attached hydrogens (tertiary/aromatic N) is 1. The maximum absolute atomic E-state index is 9.72. The Morgan fingerprint density at radius 2 is 2.18 bits per heavy atom. The van der Waals surface area contributed by atoms with Crippen LogP contribution in [0, 0.1) is 0 Å². The van der Waals surface area contributed by atoms with Crippen molar-refractivity contribution in [3.63, 3.8) is 0 Å². The van der Waals surface area contributed by atoms with E-state index in [0.29, 0.717) is 19.7 Å². The van der Waals surface area contributed by atoms with Gasteiger partial charge in [0, 0.05) is 25.9 Å². The molecule has 2 N–H and O–H groups in total. The fraction of sp³-hybridized carbons (Fsp3) is 0.538. The third-order valence-electron chi connectivity index (χ3n) is 2.36. The number of benzene rings is 1. The summed E-state index contributed by atoms with van der Waals surface area (Å²) < 4.78 is 5.08. The lowest BCUT2D eigenvalue weighted by Gasteiger charge is -2.17. The van der Waals surface area contributed by atoms with Crippen molar-refractivity contribution in [3.8, 4) is 0 Å². The molecule has 1 unspecified atom stereocenters. The topological polar surface area (TPSA) is 44.7 Å². The molecule has 0 aromatic heterocycles. The van der Waals surface area contributed by atoms with Gasteiger partial charge in [0.2, 0.25) is 0 Å². The quantitative estimate of drug-likeness (QED) is 0.748. The summed E-state index contributed by atoms with van der Waals surface area (Å²) in [7, 11) is 5.58.